The summed E-state index contributed by atoms with van der Waals surface area (Å²) in [6.45, 7) is 9.32. The molecule has 2 heterocycles. The highest BCUT2D eigenvalue weighted by atomic mass is 16.6. The van der Waals surface area contributed by atoms with E-state index in [9.17, 15) is 24.3 Å². The van der Waals surface area contributed by atoms with Crippen molar-refractivity contribution >= 4 is 23.8 Å². The van der Waals surface area contributed by atoms with Crippen LogP contribution in [0.25, 0.3) is 0 Å². The zero-order chi connectivity index (χ0) is 28.8. The molecule has 10 heteroatoms. The van der Waals surface area contributed by atoms with Crippen molar-refractivity contribution in [2.75, 3.05) is 32.7 Å². The van der Waals surface area contributed by atoms with Gasteiger partial charge < -0.3 is 24.2 Å². The van der Waals surface area contributed by atoms with Crippen LogP contribution in [-0.4, -0.2) is 95.9 Å². The Bertz CT molecular complexity index is 1140. The highest BCUT2D eigenvalue weighted by Crippen LogP contribution is 2.59. The van der Waals surface area contributed by atoms with Crippen LogP contribution in [0.15, 0.2) is 30.3 Å². The van der Waals surface area contributed by atoms with Gasteiger partial charge in [-0.1, -0.05) is 32.0 Å². The minimum atomic E-state index is -1.02. The molecule has 1 amide bonds. The second-order valence-electron chi connectivity index (χ2n) is 12.1. The van der Waals surface area contributed by atoms with Crippen molar-refractivity contribution in [3.63, 3.8) is 0 Å². The SMILES string of the molecule is CC(=O)O[C@H]1C[C@H](OC(C)=O)[C@]2(C)[C@@H]1[C@H](C)C[C@@H]1OC(=O)[C@H](CN3CCN(C(=O)c4ccccc4)CC3)[C@H]1[C@@H]2O. The maximum atomic E-state index is 13.2. The zero-order valence-electron chi connectivity index (χ0n) is 23.7. The van der Waals surface area contributed by atoms with E-state index in [1.165, 1.54) is 13.8 Å². The van der Waals surface area contributed by atoms with Gasteiger partial charge in [-0.05, 0) is 24.5 Å². The first-order chi connectivity index (χ1) is 19.0. The molecule has 2 aliphatic carbocycles. The van der Waals surface area contributed by atoms with Crippen LogP contribution in [0.3, 0.4) is 0 Å². The van der Waals surface area contributed by atoms with Crippen LogP contribution in [0.1, 0.15) is 50.9 Å². The quantitative estimate of drug-likeness (QED) is 0.428. The highest BCUT2D eigenvalue weighted by molar-refractivity contribution is 5.94. The van der Waals surface area contributed by atoms with Gasteiger partial charge >= 0.3 is 17.9 Å². The Labute approximate surface area is 234 Å². The lowest BCUT2D eigenvalue weighted by molar-refractivity contribution is -0.165. The van der Waals surface area contributed by atoms with Crippen molar-refractivity contribution in [1.29, 1.82) is 0 Å². The predicted molar refractivity (Wildman–Crippen MR) is 143 cm³/mol. The van der Waals surface area contributed by atoms with Gasteiger partial charge in [-0.2, -0.15) is 0 Å². The number of benzene rings is 1. The minimum Gasteiger partial charge on any atom is -0.462 e. The maximum absolute atomic E-state index is 13.2. The van der Waals surface area contributed by atoms with Crippen LogP contribution in [0.4, 0.5) is 0 Å². The first-order valence-corrected chi connectivity index (χ1v) is 14.3. The number of ether oxygens (including phenoxy) is 3. The molecule has 0 spiro atoms. The van der Waals surface area contributed by atoms with E-state index >= 15 is 0 Å². The molecule has 40 heavy (non-hydrogen) atoms. The van der Waals surface area contributed by atoms with Gasteiger partial charge in [-0.25, -0.2) is 0 Å². The van der Waals surface area contributed by atoms with Crippen molar-refractivity contribution in [2.45, 2.75) is 65.0 Å². The molecule has 0 unspecified atom stereocenters. The molecule has 218 valence electrons. The second-order valence-corrected chi connectivity index (χ2v) is 12.1. The normalized spacial score (nSPS) is 37.6. The summed E-state index contributed by atoms with van der Waals surface area (Å²) in [5, 5.41) is 12.1. The minimum absolute atomic E-state index is 0.00665. The largest absolute Gasteiger partial charge is 0.462 e. The summed E-state index contributed by atoms with van der Waals surface area (Å²) in [5.41, 5.74) is -0.278. The van der Waals surface area contributed by atoms with Gasteiger partial charge in [0.2, 0.25) is 0 Å². The number of rotatable bonds is 5. The molecule has 0 bridgehead atoms. The van der Waals surface area contributed by atoms with E-state index in [4.69, 9.17) is 14.2 Å². The number of carbonyl (C=O) groups is 4. The molecule has 0 radical (unpaired) electrons. The lowest BCUT2D eigenvalue weighted by atomic mass is 9.66. The standard InChI is InChI=1S/C30H40N2O8/c1-17-14-22-25(27(35)30(4)24(39-19(3)34)15-23(26(17)30)38-18(2)33)21(29(37)40-22)16-31-10-12-32(13-11-31)28(36)20-8-6-5-7-9-20/h5-9,17,21-27,35H,10-16H2,1-4H3/t17-,21-,22+,23+,24+,25-,26-,27+,30-/m1/s1. The van der Waals surface area contributed by atoms with Gasteiger partial charge in [0, 0.05) is 75.8 Å². The van der Waals surface area contributed by atoms with E-state index in [1.807, 2.05) is 49.1 Å². The average molecular weight is 557 g/mol. The van der Waals surface area contributed by atoms with E-state index in [0.29, 0.717) is 51.1 Å². The second kappa shape index (κ2) is 11.1. The molecular weight excluding hydrogens is 516 g/mol. The topological polar surface area (TPSA) is 123 Å². The molecule has 2 saturated carbocycles. The number of esters is 3. The number of piperazine rings is 1. The van der Waals surface area contributed by atoms with Crippen LogP contribution < -0.4 is 0 Å². The number of carbonyl (C=O) groups excluding carboxylic acids is 4. The highest BCUT2D eigenvalue weighted by Gasteiger charge is 2.67. The van der Waals surface area contributed by atoms with E-state index in [-0.39, 0.29) is 23.7 Å². The number of amides is 1. The molecule has 1 aromatic rings. The summed E-state index contributed by atoms with van der Waals surface area (Å²) in [6.07, 6.45) is -1.86. The smallest absolute Gasteiger partial charge is 0.311 e. The van der Waals surface area contributed by atoms with Crippen molar-refractivity contribution in [1.82, 2.24) is 9.80 Å². The van der Waals surface area contributed by atoms with Crippen LogP contribution in [-0.2, 0) is 28.6 Å². The molecular formula is C30H40N2O8. The lowest BCUT2D eigenvalue weighted by Crippen LogP contribution is -2.54. The maximum Gasteiger partial charge on any atom is 0.311 e. The van der Waals surface area contributed by atoms with Gasteiger partial charge in [0.15, 0.2) is 0 Å². The summed E-state index contributed by atoms with van der Waals surface area (Å²) < 4.78 is 17.3. The molecule has 5 rings (SSSR count). The summed E-state index contributed by atoms with van der Waals surface area (Å²) >= 11 is 0. The fourth-order valence-electron chi connectivity index (χ4n) is 7.96. The fraction of sp³-hybridized carbons (Fsp3) is 0.667. The zero-order valence-corrected chi connectivity index (χ0v) is 23.7. The molecule has 10 nitrogen and oxygen atoms in total. The Kier molecular flexibility index (Phi) is 7.94. The molecule has 4 aliphatic rings. The van der Waals surface area contributed by atoms with Crippen LogP contribution in [0.5, 0.6) is 0 Å². The van der Waals surface area contributed by atoms with Crippen LogP contribution in [0, 0.1) is 29.1 Å². The number of hydrogen-bond acceptors (Lipinski definition) is 9. The number of aliphatic hydroxyl groups excluding tert-OH is 1. The Hall–Kier alpha value is -2.98. The first-order valence-electron chi connectivity index (χ1n) is 14.3. The number of aliphatic hydroxyl groups is 1. The number of hydrogen-bond donors (Lipinski definition) is 1. The van der Waals surface area contributed by atoms with E-state index in [2.05, 4.69) is 4.90 Å². The monoisotopic (exact) mass is 556 g/mol. The number of fused-ring (bicyclic) bond motifs is 2. The Morgan fingerprint density at radius 3 is 2.30 bits per heavy atom. The van der Waals surface area contributed by atoms with Gasteiger partial charge in [0.25, 0.3) is 5.91 Å². The first kappa shape index (κ1) is 28.5. The third-order valence-electron chi connectivity index (χ3n) is 9.70. The molecule has 2 aliphatic heterocycles. The Balaban J connectivity index is 1.34. The molecule has 1 N–H and O–H groups in total. The lowest BCUT2D eigenvalue weighted by Gasteiger charge is -2.43. The van der Waals surface area contributed by atoms with E-state index < -0.39 is 53.6 Å². The van der Waals surface area contributed by atoms with E-state index in [1.54, 1.807) is 0 Å². The van der Waals surface area contributed by atoms with Crippen molar-refractivity contribution in [2.24, 2.45) is 29.1 Å². The summed E-state index contributed by atoms with van der Waals surface area (Å²) in [7, 11) is 0. The van der Waals surface area contributed by atoms with Gasteiger partial charge in [-0.3, -0.25) is 24.1 Å². The Morgan fingerprint density at radius 1 is 1.02 bits per heavy atom. The third kappa shape index (κ3) is 5.11. The van der Waals surface area contributed by atoms with Crippen LogP contribution >= 0.6 is 0 Å². The van der Waals surface area contributed by atoms with Gasteiger partial charge in [0.05, 0.1) is 12.0 Å². The number of nitrogens with zero attached hydrogens (tertiary/aromatic N) is 2. The molecule has 2 saturated heterocycles. The van der Waals surface area contributed by atoms with Gasteiger partial charge in [-0.15, -0.1) is 0 Å². The summed E-state index contributed by atoms with van der Waals surface area (Å²) in [5.74, 6) is -2.61. The summed E-state index contributed by atoms with van der Waals surface area (Å²) in [4.78, 5) is 54.1. The molecule has 9 atom stereocenters. The Morgan fingerprint density at radius 2 is 1.68 bits per heavy atom. The molecule has 0 aromatic heterocycles. The van der Waals surface area contributed by atoms with E-state index in [0.717, 1.165) is 0 Å². The molecule has 4 fully saturated rings. The van der Waals surface area contributed by atoms with Crippen LogP contribution in [0.2, 0.25) is 0 Å². The summed E-state index contributed by atoms with van der Waals surface area (Å²) in [6, 6.07) is 9.19. The predicted octanol–water partition coefficient (Wildman–Crippen LogP) is 1.89. The molecule has 1 aromatic carbocycles. The van der Waals surface area contributed by atoms with Crippen molar-refractivity contribution in [3.05, 3.63) is 35.9 Å². The van der Waals surface area contributed by atoms with Crippen molar-refractivity contribution < 1.29 is 38.5 Å². The average Bonchev–Trinajstić information content (AvgIpc) is 3.33. The fourth-order valence-corrected chi connectivity index (χ4v) is 7.96. The van der Waals surface area contributed by atoms with Crippen molar-refractivity contribution in [3.8, 4) is 0 Å². The third-order valence-corrected chi connectivity index (χ3v) is 9.70. The van der Waals surface area contributed by atoms with Gasteiger partial charge in [0.1, 0.15) is 18.3 Å².